The van der Waals surface area contributed by atoms with Gasteiger partial charge in [0.1, 0.15) is 17.7 Å². The number of non-ortho nitro benzene ring substituents is 1. The summed E-state index contributed by atoms with van der Waals surface area (Å²) in [6, 6.07) is 12.8. The minimum atomic E-state index is -3.08. The highest BCUT2D eigenvalue weighted by molar-refractivity contribution is 7.90. The van der Waals surface area contributed by atoms with Crippen LogP contribution >= 0.6 is 0 Å². The number of rotatable bonds is 6. The molecule has 1 aliphatic heterocycles. The molecule has 0 saturated heterocycles. The van der Waals surface area contributed by atoms with Crippen molar-refractivity contribution in [3.63, 3.8) is 0 Å². The van der Waals surface area contributed by atoms with Crippen LogP contribution in [0.4, 0.5) is 22.0 Å². The van der Waals surface area contributed by atoms with E-state index >= 15 is 0 Å². The van der Waals surface area contributed by atoms with Crippen molar-refractivity contribution >= 4 is 33.2 Å². The van der Waals surface area contributed by atoms with Crippen LogP contribution in [0, 0.1) is 10.1 Å². The van der Waals surface area contributed by atoms with E-state index in [0.717, 1.165) is 34.7 Å². The third-order valence-corrected chi connectivity index (χ3v) is 8.41. The Kier molecular flexibility index (Phi) is 6.83. The number of hydrogen-bond donors (Lipinski definition) is 1. The topological polar surface area (TPSA) is 143 Å². The average molecular weight is 555 g/mol. The number of anilines is 2. The number of nitro groups is 1. The molecule has 2 aliphatic rings. The second-order valence-electron chi connectivity index (χ2n) is 11.0. The van der Waals surface area contributed by atoms with Crippen LogP contribution in [0.2, 0.25) is 0 Å². The number of carbonyl (C=O) groups excluding carboxylic acids is 1. The summed E-state index contributed by atoms with van der Waals surface area (Å²) in [5.74, 6) is 1.18. The third-order valence-electron chi connectivity index (χ3n) is 6.91. The summed E-state index contributed by atoms with van der Waals surface area (Å²) in [5, 5.41) is 19.1. The number of carbonyl (C=O) groups is 1. The van der Waals surface area contributed by atoms with Crippen LogP contribution in [0.3, 0.4) is 0 Å². The summed E-state index contributed by atoms with van der Waals surface area (Å²) in [6.07, 6.45) is 0.843. The monoisotopic (exact) mass is 554 g/mol. The van der Waals surface area contributed by atoms with Gasteiger partial charge in [0.25, 0.3) is 5.69 Å². The van der Waals surface area contributed by atoms with Gasteiger partial charge in [-0.05, 0) is 75.4 Å². The van der Waals surface area contributed by atoms with Gasteiger partial charge in [0.05, 0.1) is 27.7 Å². The first-order chi connectivity index (χ1) is 18.4. The standard InChI is InChI=1S/C27H30N4O7S/c1-27(2,3)30-25(28-20-6-4-18-15-39(35,36)16-19(18)12-20)14-24(29-30)17-5-9-23(13-17)38-26(32)37-22-10-7-21(8-11-22)31(33)34/h4,6-8,10-12,14,17,23,28H,5,9,13,15-16H2,1-3H3/t17-,23+/m0/s1. The Morgan fingerprint density at radius 3 is 2.49 bits per heavy atom. The van der Waals surface area contributed by atoms with Crippen molar-refractivity contribution in [2.45, 2.75) is 69.1 Å². The number of hydrogen-bond acceptors (Lipinski definition) is 9. The molecule has 2 heterocycles. The lowest BCUT2D eigenvalue weighted by atomic mass is 10.0. The molecule has 3 aromatic rings. The van der Waals surface area contributed by atoms with Crippen molar-refractivity contribution in [1.82, 2.24) is 9.78 Å². The minimum absolute atomic E-state index is 0.0533. The Balaban J connectivity index is 1.25. The van der Waals surface area contributed by atoms with Gasteiger partial charge in [-0.15, -0.1) is 0 Å². The van der Waals surface area contributed by atoms with Crippen LogP contribution < -0.4 is 10.1 Å². The molecule has 39 heavy (non-hydrogen) atoms. The molecule has 0 amide bonds. The Morgan fingerprint density at radius 2 is 1.79 bits per heavy atom. The Morgan fingerprint density at radius 1 is 1.08 bits per heavy atom. The summed E-state index contributed by atoms with van der Waals surface area (Å²) in [6.45, 7) is 6.16. The SMILES string of the molecule is CC(C)(C)n1nc([C@H]2CC[C@@H](OC(=O)Oc3ccc([N+](=O)[O-])cc3)C2)cc1Nc1ccc2c(c1)CS(=O)(=O)C2. The van der Waals surface area contributed by atoms with E-state index in [0.29, 0.717) is 12.8 Å². The predicted octanol–water partition coefficient (Wildman–Crippen LogP) is 5.57. The first kappa shape index (κ1) is 26.7. The van der Waals surface area contributed by atoms with Gasteiger partial charge in [-0.25, -0.2) is 17.9 Å². The van der Waals surface area contributed by atoms with Gasteiger partial charge in [0, 0.05) is 29.8 Å². The van der Waals surface area contributed by atoms with Gasteiger partial charge in [0.15, 0.2) is 9.84 Å². The van der Waals surface area contributed by atoms with Gasteiger partial charge in [-0.3, -0.25) is 10.1 Å². The quantitative estimate of drug-likeness (QED) is 0.179. The van der Waals surface area contributed by atoms with Crippen LogP contribution in [-0.4, -0.2) is 35.4 Å². The molecule has 0 bridgehead atoms. The van der Waals surface area contributed by atoms with Gasteiger partial charge in [-0.1, -0.05) is 6.07 Å². The maximum Gasteiger partial charge on any atom is 0.514 e. The maximum absolute atomic E-state index is 12.3. The van der Waals surface area contributed by atoms with E-state index in [4.69, 9.17) is 14.6 Å². The molecule has 1 aromatic heterocycles. The molecular formula is C27H30N4O7S. The molecule has 5 rings (SSSR count). The van der Waals surface area contributed by atoms with Crippen LogP contribution in [0.1, 0.15) is 62.8 Å². The van der Waals surface area contributed by atoms with Crippen LogP contribution in [0.5, 0.6) is 5.75 Å². The Hall–Kier alpha value is -3.93. The molecule has 12 heteroatoms. The summed E-state index contributed by atoms with van der Waals surface area (Å²) in [7, 11) is -3.08. The lowest BCUT2D eigenvalue weighted by Crippen LogP contribution is -2.24. The van der Waals surface area contributed by atoms with Crippen LogP contribution in [0.15, 0.2) is 48.5 Å². The van der Waals surface area contributed by atoms with Gasteiger partial charge in [-0.2, -0.15) is 5.10 Å². The van der Waals surface area contributed by atoms with E-state index in [-0.39, 0.29) is 40.5 Å². The van der Waals surface area contributed by atoms with Crippen molar-refractivity contribution in [2.75, 3.05) is 5.32 Å². The number of nitrogens with zero attached hydrogens (tertiary/aromatic N) is 3. The highest BCUT2D eigenvalue weighted by Gasteiger charge is 2.33. The fraction of sp³-hybridized carbons (Fsp3) is 0.407. The molecule has 1 saturated carbocycles. The predicted molar refractivity (Wildman–Crippen MR) is 144 cm³/mol. The number of ether oxygens (including phenoxy) is 2. The maximum atomic E-state index is 12.3. The van der Waals surface area contributed by atoms with Crippen molar-refractivity contribution in [3.05, 3.63) is 75.5 Å². The number of nitro benzene ring substituents is 1. The van der Waals surface area contributed by atoms with Crippen molar-refractivity contribution in [2.24, 2.45) is 0 Å². The Labute approximate surface area is 226 Å². The summed E-state index contributed by atoms with van der Waals surface area (Å²) in [4.78, 5) is 22.6. The highest BCUT2D eigenvalue weighted by atomic mass is 32.2. The molecule has 2 atom stereocenters. The van der Waals surface area contributed by atoms with E-state index < -0.39 is 20.9 Å². The number of benzene rings is 2. The average Bonchev–Trinajstić information content (AvgIpc) is 3.54. The van der Waals surface area contributed by atoms with Crippen molar-refractivity contribution in [3.8, 4) is 5.75 Å². The number of aromatic nitrogens is 2. The van der Waals surface area contributed by atoms with E-state index in [1.54, 1.807) is 0 Å². The molecule has 11 nitrogen and oxygen atoms in total. The summed E-state index contributed by atoms with van der Waals surface area (Å²) >= 11 is 0. The molecule has 206 valence electrons. The van der Waals surface area contributed by atoms with Crippen molar-refractivity contribution in [1.29, 1.82) is 0 Å². The molecule has 1 N–H and O–H groups in total. The van der Waals surface area contributed by atoms with Crippen LogP contribution in [0.25, 0.3) is 0 Å². The van der Waals surface area contributed by atoms with Gasteiger partial charge in [0.2, 0.25) is 0 Å². The molecule has 0 radical (unpaired) electrons. The zero-order valence-corrected chi connectivity index (χ0v) is 22.7. The second kappa shape index (κ2) is 9.99. The molecule has 1 aliphatic carbocycles. The largest absolute Gasteiger partial charge is 0.514 e. The fourth-order valence-electron chi connectivity index (χ4n) is 5.06. The molecule has 0 unspecified atom stereocenters. The van der Waals surface area contributed by atoms with Crippen LogP contribution in [-0.2, 0) is 31.6 Å². The number of nitrogens with one attached hydrogen (secondary N) is 1. The minimum Gasteiger partial charge on any atom is -0.431 e. The molecule has 1 fully saturated rings. The highest BCUT2D eigenvalue weighted by Crippen LogP contribution is 2.38. The molecule has 0 spiro atoms. The zero-order chi connectivity index (χ0) is 27.9. The molecule has 2 aromatic carbocycles. The van der Waals surface area contributed by atoms with E-state index in [9.17, 15) is 23.3 Å². The van der Waals surface area contributed by atoms with E-state index in [2.05, 4.69) is 26.1 Å². The van der Waals surface area contributed by atoms with Gasteiger partial charge >= 0.3 is 6.16 Å². The normalized spacial score (nSPS) is 19.9. The van der Waals surface area contributed by atoms with E-state index in [1.165, 1.54) is 24.3 Å². The number of sulfone groups is 1. The number of fused-ring (bicyclic) bond motifs is 1. The lowest BCUT2D eigenvalue weighted by molar-refractivity contribution is -0.384. The van der Waals surface area contributed by atoms with E-state index in [1.807, 2.05) is 28.9 Å². The first-order valence-corrected chi connectivity index (χ1v) is 14.5. The first-order valence-electron chi connectivity index (χ1n) is 12.7. The third kappa shape index (κ3) is 6.06. The molecular weight excluding hydrogens is 524 g/mol. The van der Waals surface area contributed by atoms with Crippen molar-refractivity contribution < 1.29 is 27.6 Å². The lowest BCUT2D eigenvalue weighted by Gasteiger charge is -2.23. The fourth-order valence-corrected chi connectivity index (χ4v) is 6.66. The van der Waals surface area contributed by atoms with Gasteiger partial charge < -0.3 is 14.8 Å². The smallest absolute Gasteiger partial charge is 0.431 e. The summed E-state index contributed by atoms with van der Waals surface area (Å²) < 4.78 is 36.6. The summed E-state index contributed by atoms with van der Waals surface area (Å²) in [5.41, 5.74) is 2.93. The second-order valence-corrected chi connectivity index (χ2v) is 13.1. The Bertz CT molecular complexity index is 1520. The zero-order valence-electron chi connectivity index (χ0n) is 21.9.